The van der Waals surface area contributed by atoms with Crippen molar-refractivity contribution in [2.45, 2.75) is 19.2 Å². The van der Waals surface area contributed by atoms with E-state index in [1.807, 2.05) is 32.0 Å². The minimum atomic E-state index is 0.0654. The second-order valence-electron chi connectivity index (χ2n) is 2.73. The first-order valence-electron chi connectivity index (χ1n) is 3.61. The zero-order valence-corrected chi connectivity index (χ0v) is 7.52. The molecule has 0 heterocycles. The van der Waals surface area contributed by atoms with Crippen molar-refractivity contribution in [3.05, 3.63) is 29.3 Å². The van der Waals surface area contributed by atoms with E-state index in [-0.39, 0.29) is 5.38 Å². The van der Waals surface area contributed by atoms with Crippen LogP contribution >= 0.6 is 11.6 Å². The molecule has 0 aromatic heterocycles. The van der Waals surface area contributed by atoms with Crippen molar-refractivity contribution in [3.63, 3.8) is 0 Å². The lowest BCUT2D eigenvalue weighted by atomic mass is 9.92. The molecule has 11 heavy (non-hydrogen) atoms. The van der Waals surface area contributed by atoms with E-state index in [0.717, 1.165) is 16.6 Å². The van der Waals surface area contributed by atoms with Crippen molar-refractivity contribution in [1.29, 1.82) is 0 Å². The smallest absolute Gasteiger partial charge is 0.113 e. The molecule has 0 N–H and O–H groups in total. The van der Waals surface area contributed by atoms with Gasteiger partial charge in [-0.1, -0.05) is 23.7 Å². The number of alkyl halides is 1. The molecule has 2 heteroatoms. The van der Waals surface area contributed by atoms with Gasteiger partial charge in [-0.05, 0) is 25.0 Å². The van der Waals surface area contributed by atoms with Crippen LogP contribution in [0.5, 0.6) is 0 Å². The van der Waals surface area contributed by atoms with E-state index >= 15 is 0 Å². The molecular weight excluding hydrogens is 154 g/mol. The van der Waals surface area contributed by atoms with Crippen LogP contribution in [-0.2, 0) is 0 Å². The molecule has 0 aliphatic heterocycles. The molecule has 1 unspecified atom stereocenters. The van der Waals surface area contributed by atoms with E-state index in [4.69, 9.17) is 19.4 Å². The van der Waals surface area contributed by atoms with Gasteiger partial charge in [-0.25, -0.2) is 0 Å². The Morgan fingerprint density at radius 2 is 2.09 bits per heavy atom. The summed E-state index contributed by atoms with van der Waals surface area (Å²) in [4.78, 5) is 0. The van der Waals surface area contributed by atoms with Crippen molar-refractivity contribution >= 4 is 24.9 Å². The minimum absolute atomic E-state index is 0.0654. The molecule has 1 atom stereocenters. The summed E-state index contributed by atoms with van der Waals surface area (Å²) in [7, 11) is 5.58. The Morgan fingerprint density at radius 3 is 2.55 bits per heavy atom. The van der Waals surface area contributed by atoms with Crippen molar-refractivity contribution in [3.8, 4) is 0 Å². The number of rotatable bonds is 1. The van der Waals surface area contributed by atoms with Crippen LogP contribution in [0.4, 0.5) is 0 Å². The van der Waals surface area contributed by atoms with Gasteiger partial charge in [0.2, 0.25) is 0 Å². The highest BCUT2D eigenvalue weighted by atomic mass is 35.5. The van der Waals surface area contributed by atoms with Crippen LogP contribution < -0.4 is 5.46 Å². The Bertz CT molecular complexity index is 256. The summed E-state index contributed by atoms with van der Waals surface area (Å²) in [5.74, 6) is 0. The van der Waals surface area contributed by atoms with Crippen LogP contribution in [0.3, 0.4) is 0 Å². The summed E-state index contributed by atoms with van der Waals surface area (Å²) >= 11 is 5.92. The Labute approximate surface area is 74.0 Å². The van der Waals surface area contributed by atoms with Crippen molar-refractivity contribution in [2.24, 2.45) is 0 Å². The number of hydrogen-bond donors (Lipinski definition) is 0. The van der Waals surface area contributed by atoms with Crippen LogP contribution in [0.15, 0.2) is 18.2 Å². The average Bonchev–Trinajstić information content (AvgIpc) is 1.85. The quantitative estimate of drug-likeness (QED) is 0.440. The molecule has 0 amide bonds. The molecule has 1 rings (SSSR count). The van der Waals surface area contributed by atoms with Crippen LogP contribution in [0.1, 0.15) is 23.4 Å². The van der Waals surface area contributed by atoms with Crippen LogP contribution in [0.2, 0.25) is 0 Å². The molecule has 0 fully saturated rings. The molecule has 0 spiro atoms. The maximum atomic E-state index is 5.92. The summed E-state index contributed by atoms with van der Waals surface area (Å²) < 4.78 is 0. The monoisotopic (exact) mass is 164 g/mol. The molecule has 0 bridgehead atoms. The van der Waals surface area contributed by atoms with E-state index in [1.165, 1.54) is 0 Å². The van der Waals surface area contributed by atoms with Gasteiger partial charge < -0.3 is 0 Å². The van der Waals surface area contributed by atoms with Crippen LogP contribution in [0.25, 0.3) is 0 Å². The van der Waals surface area contributed by atoms with Gasteiger partial charge >= 0.3 is 0 Å². The Morgan fingerprint density at radius 1 is 1.45 bits per heavy atom. The number of aryl methyl sites for hydroxylation is 1. The minimum Gasteiger partial charge on any atom is -0.118 e. The Hall–Kier alpha value is -0.425. The third-order valence-corrected chi connectivity index (χ3v) is 1.96. The Balaban J connectivity index is 3.09. The lowest BCUT2D eigenvalue weighted by Crippen LogP contribution is -2.03. The zero-order chi connectivity index (χ0) is 8.43. The Kier molecular flexibility index (Phi) is 2.61. The maximum absolute atomic E-state index is 5.92. The second kappa shape index (κ2) is 3.31. The van der Waals surface area contributed by atoms with Gasteiger partial charge in [0.25, 0.3) is 0 Å². The molecule has 0 saturated carbocycles. The first-order valence-corrected chi connectivity index (χ1v) is 4.05. The molecular formula is C9H10BCl. The van der Waals surface area contributed by atoms with E-state index in [0.29, 0.717) is 0 Å². The van der Waals surface area contributed by atoms with Crippen LogP contribution in [0, 0.1) is 6.92 Å². The highest BCUT2D eigenvalue weighted by molar-refractivity contribution is 6.32. The molecule has 2 radical (unpaired) electrons. The fourth-order valence-electron chi connectivity index (χ4n) is 1.15. The third-order valence-electron chi connectivity index (χ3n) is 1.72. The number of halogens is 1. The van der Waals surface area contributed by atoms with Gasteiger partial charge in [-0.15, -0.1) is 11.6 Å². The fourth-order valence-corrected chi connectivity index (χ4v) is 1.39. The molecule has 0 aliphatic rings. The first kappa shape index (κ1) is 8.67. The SMILES string of the molecule is [B]c1ccc(C(C)Cl)c(C)c1. The van der Waals surface area contributed by atoms with Crippen molar-refractivity contribution in [2.75, 3.05) is 0 Å². The highest BCUT2D eigenvalue weighted by Crippen LogP contribution is 2.21. The van der Waals surface area contributed by atoms with Gasteiger partial charge in [0, 0.05) is 0 Å². The summed E-state index contributed by atoms with van der Waals surface area (Å²) in [5, 5.41) is 0.0654. The zero-order valence-electron chi connectivity index (χ0n) is 6.76. The average molecular weight is 164 g/mol. The van der Waals surface area contributed by atoms with Crippen molar-refractivity contribution in [1.82, 2.24) is 0 Å². The summed E-state index contributed by atoms with van der Waals surface area (Å²) in [6.07, 6.45) is 0. The highest BCUT2D eigenvalue weighted by Gasteiger charge is 2.03. The van der Waals surface area contributed by atoms with E-state index < -0.39 is 0 Å². The van der Waals surface area contributed by atoms with Gasteiger partial charge in [0.15, 0.2) is 0 Å². The molecule has 1 aromatic rings. The number of benzene rings is 1. The topological polar surface area (TPSA) is 0 Å². The predicted octanol–water partition coefficient (Wildman–Crippen LogP) is 2.09. The summed E-state index contributed by atoms with van der Waals surface area (Å²) in [6, 6.07) is 5.79. The molecule has 1 aromatic carbocycles. The van der Waals surface area contributed by atoms with Crippen molar-refractivity contribution < 1.29 is 0 Å². The second-order valence-corrected chi connectivity index (χ2v) is 3.39. The standard InChI is InChI=1S/C9H10BCl/c1-6-5-8(10)3-4-9(6)7(2)11/h3-5,7H,1-2H3. The van der Waals surface area contributed by atoms with E-state index in [1.54, 1.807) is 0 Å². The summed E-state index contributed by atoms with van der Waals surface area (Å²) in [5.41, 5.74) is 3.11. The summed E-state index contributed by atoms with van der Waals surface area (Å²) in [6.45, 7) is 3.98. The lowest BCUT2D eigenvalue weighted by Gasteiger charge is -2.07. The van der Waals surface area contributed by atoms with Crippen LogP contribution in [-0.4, -0.2) is 7.85 Å². The molecule has 0 nitrogen and oxygen atoms in total. The van der Waals surface area contributed by atoms with Gasteiger partial charge in [-0.3, -0.25) is 0 Å². The maximum Gasteiger partial charge on any atom is 0.113 e. The third kappa shape index (κ3) is 2.00. The largest absolute Gasteiger partial charge is 0.118 e. The molecule has 0 aliphatic carbocycles. The number of hydrogen-bond acceptors (Lipinski definition) is 0. The van der Waals surface area contributed by atoms with Gasteiger partial charge in [0.1, 0.15) is 7.85 Å². The lowest BCUT2D eigenvalue weighted by molar-refractivity contribution is 1.06. The molecule has 0 saturated heterocycles. The van der Waals surface area contributed by atoms with E-state index in [2.05, 4.69) is 0 Å². The van der Waals surface area contributed by atoms with Gasteiger partial charge in [0.05, 0.1) is 5.38 Å². The van der Waals surface area contributed by atoms with E-state index in [9.17, 15) is 0 Å². The first-order chi connectivity index (χ1) is 5.11. The normalized spacial score (nSPS) is 13.0. The predicted molar refractivity (Wildman–Crippen MR) is 50.8 cm³/mol. The van der Waals surface area contributed by atoms with Gasteiger partial charge in [-0.2, -0.15) is 0 Å². The molecule has 56 valence electrons. The fraction of sp³-hybridized carbons (Fsp3) is 0.333.